The van der Waals surface area contributed by atoms with E-state index in [1.165, 1.54) is 0 Å². The second-order valence-electron chi connectivity index (χ2n) is 6.12. The molecule has 1 aromatic carbocycles. The molecule has 6 nitrogen and oxygen atoms in total. The summed E-state index contributed by atoms with van der Waals surface area (Å²) in [7, 11) is 0. The average Bonchev–Trinajstić information content (AvgIpc) is 3.16. The third kappa shape index (κ3) is 1.20. The maximum Gasteiger partial charge on any atom is 0.236 e. The minimum absolute atomic E-state index is 0.266. The molecule has 112 valence electrons. The summed E-state index contributed by atoms with van der Waals surface area (Å²) in [6.45, 7) is 0.372. The molecule has 0 radical (unpaired) electrons. The molecule has 4 heterocycles. The van der Waals surface area contributed by atoms with E-state index in [-0.39, 0.29) is 5.91 Å². The average molecular weight is 298 g/mol. The van der Waals surface area contributed by atoms with Gasteiger partial charge in [0.1, 0.15) is 5.60 Å². The summed E-state index contributed by atoms with van der Waals surface area (Å²) in [5.41, 5.74) is 0.664. The summed E-state index contributed by atoms with van der Waals surface area (Å²) in [4.78, 5) is 26.0. The number of fused-ring (bicyclic) bond motifs is 4. The molecule has 5 rings (SSSR count). The van der Waals surface area contributed by atoms with E-state index >= 15 is 0 Å². The van der Waals surface area contributed by atoms with E-state index in [0.29, 0.717) is 6.61 Å². The van der Waals surface area contributed by atoms with Crippen molar-refractivity contribution in [1.82, 2.24) is 0 Å². The molecule has 22 heavy (non-hydrogen) atoms. The Morgan fingerprint density at radius 2 is 2.18 bits per heavy atom. The van der Waals surface area contributed by atoms with Gasteiger partial charge >= 0.3 is 0 Å². The number of hydrogen-bond donors (Lipinski definition) is 0. The number of carbonyl (C=O) groups is 2. The molecule has 0 unspecified atom stereocenters. The Morgan fingerprint density at radius 3 is 3.00 bits per heavy atom. The molecular weight excluding hydrogens is 286 g/mol. The van der Waals surface area contributed by atoms with Crippen molar-refractivity contribution in [1.29, 1.82) is 0 Å². The maximum atomic E-state index is 12.9. The number of ether oxygens (including phenoxy) is 2. The normalized spacial score (nSPS) is 40.5. The van der Waals surface area contributed by atoms with E-state index in [4.69, 9.17) is 9.47 Å². The lowest BCUT2D eigenvalue weighted by Gasteiger charge is -2.37. The van der Waals surface area contributed by atoms with Crippen molar-refractivity contribution >= 4 is 17.6 Å². The predicted octanol–water partition coefficient (Wildman–Crippen LogP) is -0.421. The lowest BCUT2D eigenvalue weighted by Crippen LogP contribution is -2.49. The molecule has 0 N–H and O–H groups in total. The molecule has 2 bridgehead atoms. The highest BCUT2D eigenvalue weighted by molar-refractivity contribution is 6.03. The smallest absolute Gasteiger partial charge is 0.236 e. The van der Waals surface area contributed by atoms with E-state index in [0.717, 1.165) is 11.3 Å². The van der Waals surface area contributed by atoms with Gasteiger partial charge in [0.25, 0.3) is 0 Å². The van der Waals surface area contributed by atoms with Crippen molar-refractivity contribution in [2.75, 3.05) is 4.90 Å². The Hall–Kier alpha value is -2.18. The van der Waals surface area contributed by atoms with E-state index in [2.05, 4.69) is 0 Å². The highest BCUT2D eigenvalue weighted by Gasteiger charge is 2.71. The van der Waals surface area contributed by atoms with Gasteiger partial charge in [-0.05, 0) is 12.1 Å². The van der Waals surface area contributed by atoms with Gasteiger partial charge in [0.2, 0.25) is 5.91 Å². The van der Waals surface area contributed by atoms with Crippen LogP contribution in [0.1, 0.15) is 5.56 Å². The summed E-state index contributed by atoms with van der Waals surface area (Å²) in [5, 5.41) is 11.5. The lowest BCUT2D eigenvalue weighted by atomic mass is 9.76. The Labute approximate surface area is 125 Å². The third-order valence-electron chi connectivity index (χ3n) is 5.13. The number of amides is 1. The Balaban J connectivity index is 1.69. The van der Waals surface area contributed by atoms with Crippen molar-refractivity contribution in [2.45, 2.75) is 24.5 Å². The molecule has 1 amide bonds. The summed E-state index contributed by atoms with van der Waals surface area (Å²) in [5.74, 6) is -3.26. The quantitative estimate of drug-likeness (QED) is 0.658. The number of rotatable bonds is 1. The second-order valence-corrected chi connectivity index (χ2v) is 6.12. The third-order valence-corrected chi connectivity index (χ3v) is 5.13. The number of hydrogen-bond acceptors (Lipinski definition) is 5. The van der Waals surface area contributed by atoms with Crippen LogP contribution in [-0.4, -0.2) is 29.8 Å². The van der Waals surface area contributed by atoms with Crippen LogP contribution < -0.4 is 10.0 Å². The number of aliphatic carboxylic acids is 1. The minimum Gasteiger partial charge on any atom is -0.550 e. The predicted molar refractivity (Wildman–Crippen MR) is 71.2 cm³/mol. The lowest BCUT2D eigenvalue weighted by molar-refractivity contribution is -0.313. The number of para-hydroxylation sites is 1. The van der Waals surface area contributed by atoms with Gasteiger partial charge in [-0.2, -0.15) is 0 Å². The zero-order chi connectivity index (χ0) is 15.1. The number of nitrogens with zero attached hydrogens (tertiary/aromatic N) is 1. The molecule has 2 saturated heterocycles. The van der Waals surface area contributed by atoms with Crippen molar-refractivity contribution in [3.8, 4) is 0 Å². The second kappa shape index (κ2) is 3.77. The fourth-order valence-electron chi connectivity index (χ4n) is 4.26. The maximum absolute atomic E-state index is 12.9. The molecule has 1 spiro atoms. The van der Waals surface area contributed by atoms with Crippen molar-refractivity contribution in [3.05, 3.63) is 42.0 Å². The first-order valence-corrected chi connectivity index (χ1v) is 7.24. The molecular formula is C16H12NO5-. The van der Waals surface area contributed by atoms with Gasteiger partial charge in [0, 0.05) is 17.5 Å². The van der Waals surface area contributed by atoms with Gasteiger partial charge in [0.15, 0.2) is 6.23 Å². The van der Waals surface area contributed by atoms with Crippen LogP contribution >= 0.6 is 0 Å². The number of anilines is 1. The first-order chi connectivity index (χ1) is 10.6. The van der Waals surface area contributed by atoms with E-state index in [1.807, 2.05) is 24.3 Å². The summed E-state index contributed by atoms with van der Waals surface area (Å²) < 4.78 is 11.8. The van der Waals surface area contributed by atoms with E-state index in [1.54, 1.807) is 17.1 Å². The van der Waals surface area contributed by atoms with Crippen LogP contribution in [0.3, 0.4) is 0 Å². The van der Waals surface area contributed by atoms with Crippen LogP contribution in [0.5, 0.6) is 0 Å². The number of carboxylic acid groups (broad SMARTS) is 1. The van der Waals surface area contributed by atoms with Crippen LogP contribution in [0.15, 0.2) is 36.4 Å². The molecule has 0 aromatic heterocycles. The molecule has 0 saturated carbocycles. The highest BCUT2D eigenvalue weighted by atomic mass is 16.6. The number of benzene rings is 1. The van der Waals surface area contributed by atoms with E-state index in [9.17, 15) is 14.7 Å². The summed E-state index contributed by atoms with van der Waals surface area (Å²) in [6.07, 6.45) is 2.27. The van der Waals surface area contributed by atoms with Crippen LogP contribution in [0, 0.1) is 11.8 Å². The van der Waals surface area contributed by atoms with Gasteiger partial charge in [-0.1, -0.05) is 24.3 Å². The van der Waals surface area contributed by atoms with Gasteiger partial charge in [0.05, 0.1) is 24.3 Å². The van der Waals surface area contributed by atoms with Crippen molar-refractivity contribution in [3.63, 3.8) is 0 Å². The molecule has 2 fully saturated rings. The SMILES string of the molecule is O=C([O-])[C@@H]1[C@H]2C(=O)N3c4ccccc4CO[C@@H]3[C@]23C=C[C@H]1O3. The molecule has 5 atom stereocenters. The van der Waals surface area contributed by atoms with Crippen LogP contribution in [0.2, 0.25) is 0 Å². The zero-order valence-electron chi connectivity index (χ0n) is 11.5. The minimum atomic E-state index is -1.25. The molecule has 6 heteroatoms. The number of carbonyl (C=O) groups excluding carboxylic acids is 2. The molecule has 0 aliphatic carbocycles. The monoisotopic (exact) mass is 298 g/mol. The Bertz CT molecular complexity index is 744. The fourth-order valence-corrected chi connectivity index (χ4v) is 4.26. The highest BCUT2D eigenvalue weighted by Crippen LogP contribution is 2.57. The molecule has 1 aromatic rings. The van der Waals surface area contributed by atoms with E-state index < -0.39 is 35.7 Å². The Morgan fingerprint density at radius 1 is 1.36 bits per heavy atom. The largest absolute Gasteiger partial charge is 0.550 e. The fraction of sp³-hybridized carbons (Fsp3) is 0.375. The Kier molecular flexibility index (Phi) is 2.12. The zero-order valence-corrected chi connectivity index (χ0v) is 11.5. The van der Waals surface area contributed by atoms with Crippen LogP contribution in [0.25, 0.3) is 0 Å². The molecule has 4 aliphatic heterocycles. The van der Waals surface area contributed by atoms with Gasteiger partial charge < -0.3 is 19.4 Å². The standard InChI is InChI=1S/C16H13NO5/c18-13-12-11(14(19)20)10-5-6-16(12,22-10)15-17(13)9-4-2-1-3-8(9)7-21-15/h1-6,10-12,15H,7H2,(H,19,20)/p-1/t10-,11+,12+,15-,16+/m1/s1. The first-order valence-electron chi connectivity index (χ1n) is 7.24. The van der Waals surface area contributed by atoms with Crippen molar-refractivity contribution < 1.29 is 24.2 Å². The van der Waals surface area contributed by atoms with Gasteiger partial charge in [-0.3, -0.25) is 9.69 Å². The number of carboxylic acids is 1. The summed E-state index contributed by atoms with van der Waals surface area (Å²) in [6, 6.07) is 7.48. The van der Waals surface area contributed by atoms with Gasteiger partial charge in [-0.25, -0.2) is 0 Å². The van der Waals surface area contributed by atoms with Crippen LogP contribution in [0.4, 0.5) is 5.69 Å². The first kappa shape index (κ1) is 12.4. The van der Waals surface area contributed by atoms with Crippen LogP contribution in [-0.2, 0) is 25.7 Å². The molecule has 4 aliphatic rings. The summed E-state index contributed by atoms with van der Waals surface area (Å²) >= 11 is 0. The topological polar surface area (TPSA) is 78.9 Å². The van der Waals surface area contributed by atoms with Crippen molar-refractivity contribution in [2.24, 2.45) is 11.8 Å². The van der Waals surface area contributed by atoms with Gasteiger partial charge in [-0.15, -0.1) is 0 Å².